The molecule has 1 heterocycles. The molecule has 1 atom stereocenters. The zero-order valence-electron chi connectivity index (χ0n) is 18.7. The fourth-order valence-electron chi connectivity index (χ4n) is 3.23. The highest BCUT2D eigenvalue weighted by molar-refractivity contribution is 9.10. The van der Waals surface area contributed by atoms with Crippen molar-refractivity contribution in [3.05, 3.63) is 89.9 Å². The van der Waals surface area contributed by atoms with Gasteiger partial charge in [0.1, 0.15) is 24.5 Å². The number of fused-ring (bicyclic) bond motifs is 1. The summed E-state index contributed by atoms with van der Waals surface area (Å²) < 4.78 is 32.1. The lowest BCUT2D eigenvalue weighted by Crippen LogP contribution is -2.21. The smallest absolute Gasteiger partial charge is 0.303 e. The van der Waals surface area contributed by atoms with Crippen LogP contribution in [0.1, 0.15) is 6.92 Å². The lowest BCUT2D eigenvalue weighted by atomic mass is 10.2. The van der Waals surface area contributed by atoms with Gasteiger partial charge in [-0.1, -0.05) is 30.8 Å². The molecule has 0 radical (unpaired) electrons. The summed E-state index contributed by atoms with van der Waals surface area (Å²) in [5.74, 6) is 0.837. The van der Waals surface area contributed by atoms with Crippen molar-refractivity contribution in [3.8, 4) is 17.2 Å². The van der Waals surface area contributed by atoms with Gasteiger partial charge in [-0.2, -0.15) is 0 Å². The number of rotatable bonds is 9. The molecule has 35 heavy (non-hydrogen) atoms. The SMILES string of the molecule is C=CC(COc1cc2ncnc(Nc3cccc(Br)c3F)c2cc1Oc1ccccc1)OC(C)=O. The largest absolute Gasteiger partial charge is 0.485 e. The van der Waals surface area contributed by atoms with E-state index >= 15 is 0 Å². The van der Waals surface area contributed by atoms with E-state index in [-0.39, 0.29) is 12.3 Å². The Bertz CT molecular complexity index is 1370. The first-order valence-electron chi connectivity index (χ1n) is 10.6. The van der Waals surface area contributed by atoms with E-state index < -0.39 is 17.9 Å². The van der Waals surface area contributed by atoms with Gasteiger partial charge in [0.05, 0.1) is 15.7 Å². The van der Waals surface area contributed by atoms with Crippen molar-refractivity contribution in [1.82, 2.24) is 9.97 Å². The molecule has 0 bridgehead atoms. The second kappa shape index (κ2) is 11.0. The molecule has 178 valence electrons. The number of aromatic nitrogens is 2. The van der Waals surface area contributed by atoms with Crippen LogP contribution in [0.4, 0.5) is 15.9 Å². The standard InChI is InChI=1S/C26H21BrFN3O4/c1-3-17(34-16(2)32)14-33-23-13-22-19(12-24(23)35-18-8-5-4-6-9-18)26(30-15-29-22)31-21-11-7-10-20(27)25(21)28/h3-13,15,17H,1,14H2,2H3,(H,29,30,31). The molecule has 1 N–H and O–H groups in total. The van der Waals surface area contributed by atoms with E-state index in [2.05, 4.69) is 37.8 Å². The first-order valence-corrected chi connectivity index (χ1v) is 11.4. The Morgan fingerprint density at radius 3 is 2.69 bits per heavy atom. The highest BCUT2D eigenvalue weighted by Crippen LogP contribution is 2.38. The molecular formula is C26H21BrFN3O4. The predicted molar refractivity (Wildman–Crippen MR) is 135 cm³/mol. The van der Waals surface area contributed by atoms with Gasteiger partial charge in [-0.15, -0.1) is 0 Å². The van der Waals surface area contributed by atoms with Crippen LogP contribution in [0.5, 0.6) is 17.2 Å². The molecule has 1 aromatic heterocycles. The van der Waals surface area contributed by atoms with E-state index in [1.165, 1.54) is 19.3 Å². The zero-order chi connectivity index (χ0) is 24.8. The number of esters is 1. The van der Waals surface area contributed by atoms with E-state index in [0.29, 0.717) is 38.4 Å². The Kier molecular flexibility index (Phi) is 7.57. The Balaban J connectivity index is 1.73. The normalized spacial score (nSPS) is 11.5. The van der Waals surface area contributed by atoms with Crippen molar-refractivity contribution < 1.29 is 23.4 Å². The number of carbonyl (C=O) groups excluding carboxylic acids is 1. The van der Waals surface area contributed by atoms with Crippen LogP contribution >= 0.6 is 15.9 Å². The number of anilines is 2. The van der Waals surface area contributed by atoms with Crippen LogP contribution in [0.15, 0.2) is 84.1 Å². The molecule has 7 nitrogen and oxygen atoms in total. The van der Waals surface area contributed by atoms with Gasteiger partial charge in [0.15, 0.2) is 23.4 Å². The van der Waals surface area contributed by atoms with Crippen molar-refractivity contribution in [2.24, 2.45) is 0 Å². The number of nitrogens with zero attached hydrogens (tertiary/aromatic N) is 2. The lowest BCUT2D eigenvalue weighted by molar-refractivity contribution is -0.145. The third-order valence-electron chi connectivity index (χ3n) is 4.86. The average Bonchev–Trinajstić information content (AvgIpc) is 2.85. The first kappa shape index (κ1) is 24.2. The number of hydrogen-bond donors (Lipinski definition) is 1. The average molecular weight is 538 g/mol. The molecule has 4 rings (SSSR count). The summed E-state index contributed by atoms with van der Waals surface area (Å²) in [5, 5.41) is 3.61. The lowest BCUT2D eigenvalue weighted by Gasteiger charge is -2.18. The molecule has 0 saturated heterocycles. The van der Waals surface area contributed by atoms with Crippen LogP contribution in [0.25, 0.3) is 10.9 Å². The van der Waals surface area contributed by atoms with Crippen LogP contribution < -0.4 is 14.8 Å². The van der Waals surface area contributed by atoms with Crippen molar-refractivity contribution in [3.63, 3.8) is 0 Å². The number of para-hydroxylation sites is 1. The molecule has 4 aromatic rings. The van der Waals surface area contributed by atoms with Crippen LogP contribution in [-0.4, -0.2) is 28.6 Å². The predicted octanol–water partition coefficient (Wildman–Crippen LogP) is 6.56. The van der Waals surface area contributed by atoms with Crippen molar-refractivity contribution in [1.29, 1.82) is 0 Å². The molecule has 0 spiro atoms. The maximum atomic E-state index is 14.6. The van der Waals surface area contributed by atoms with E-state index in [9.17, 15) is 9.18 Å². The fourth-order valence-corrected chi connectivity index (χ4v) is 3.60. The Morgan fingerprint density at radius 1 is 1.14 bits per heavy atom. The summed E-state index contributed by atoms with van der Waals surface area (Å²) in [6.45, 7) is 5.02. The molecule has 0 aliphatic carbocycles. The number of benzene rings is 3. The van der Waals surface area contributed by atoms with E-state index in [4.69, 9.17) is 14.2 Å². The van der Waals surface area contributed by atoms with Gasteiger partial charge < -0.3 is 19.5 Å². The quantitative estimate of drug-likeness (QED) is 0.191. The molecule has 0 aliphatic heterocycles. The van der Waals surface area contributed by atoms with Crippen LogP contribution in [0.3, 0.4) is 0 Å². The van der Waals surface area contributed by atoms with Gasteiger partial charge in [0.2, 0.25) is 0 Å². The van der Waals surface area contributed by atoms with Gasteiger partial charge in [0.25, 0.3) is 0 Å². The summed E-state index contributed by atoms with van der Waals surface area (Å²) in [5.41, 5.74) is 0.788. The summed E-state index contributed by atoms with van der Waals surface area (Å²) in [7, 11) is 0. The number of ether oxygens (including phenoxy) is 3. The Morgan fingerprint density at radius 2 is 1.94 bits per heavy atom. The molecule has 0 amide bonds. The molecule has 0 fully saturated rings. The number of carbonyl (C=O) groups is 1. The molecule has 9 heteroatoms. The monoisotopic (exact) mass is 537 g/mol. The molecule has 1 unspecified atom stereocenters. The maximum Gasteiger partial charge on any atom is 0.303 e. The molecular weight excluding hydrogens is 517 g/mol. The van der Waals surface area contributed by atoms with Crippen LogP contribution in [0.2, 0.25) is 0 Å². The van der Waals surface area contributed by atoms with Gasteiger partial charge in [-0.25, -0.2) is 14.4 Å². The Labute approximate surface area is 209 Å². The van der Waals surface area contributed by atoms with Crippen molar-refractivity contribution >= 4 is 44.3 Å². The summed E-state index contributed by atoms with van der Waals surface area (Å²) in [6.07, 6.45) is 2.21. The van der Waals surface area contributed by atoms with Gasteiger partial charge >= 0.3 is 5.97 Å². The first-order chi connectivity index (χ1) is 16.9. The summed E-state index contributed by atoms with van der Waals surface area (Å²) >= 11 is 3.19. The summed E-state index contributed by atoms with van der Waals surface area (Å²) in [4.78, 5) is 20.0. The highest BCUT2D eigenvalue weighted by atomic mass is 79.9. The second-order valence-corrected chi connectivity index (χ2v) is 8.23. The van der Waals surface area contributed by atoms with Gasteiger partial charge in [0, 0.05) is 18.4 Å². The Hall–Kier alpha value is -3.98. The number of hydrogen-bond acceptors (Lipinski definition) is 7. The molecule has 3 aromatic carbocycles. The summed E-state index contributed by atoms with van der Waals surface area (Å²) in [6, 6.07) is 17.5. The van der Waals surface area contributed by atoms with Gasteiger partial charge in [-0.05, 0) is 52.3 Å². The van der Waals surface area contributed by atoms with E-state index in [1.54, 1.807) is 42.5 Å². The third kappa shape index (κ3) is 5.93. The second-order valence-electron chi connectivity index (χ2n) is 7.37. The third-order valence-corrected chi connectivity index (χ3v) is 5.47. The number of halogens is 2. The van der Waals surface area contributed by atoms with E-state index in [1.807, 2.05) is 18.2 Å². The topological polar surface area (TPSA) is 82.6 Å². The van der Waals surface area contributed by atoms with Crippen molar-refractivity contribution in [2.75, 3.05) is 11.9 Å². The highest BCUT2D eigenvalue weighted by Gasteiger charge is 2.17. The maximum absolute atomic E-state index is 14.6. The minimum Gasteiger partial charge on any atom is -0.485 e. The van der Waals surface area contributed by atoms with Crippen LogP contribution in [-0.2, 0) is 9.53 Å². The fraction of sp³-hybridized carbons (Fsp3) is 0.115. The zero-order valence-corrected chi connectivity index (χ0v) is 20.3. The van der Waals surface area contributed by atoms with Crippen molar-refractivity contribution in [2.45, 2.75) is 13.0 Å². The van der Waals surface area contributed by atoms with E-state index in [0.717, 1.165) is 0 Å². The minimum atomic E-state index is -0.644. The van der Waals surface area contributed by atoms with Crippen LogP contribution in [0, 0.1) is 5.82 Å². The molecule has 0 saturated carbocycles. The number of nitrogens with one attached hydrogen (secondary N) is 1. The molecule has 0 aliphatic rings. The van der Waals surface area contributed by atoms with Gasteiger partial charge in [-0.3, -0.25) is 4.79 Å². The minimum absolute atomic E-state index is 0.0270.